The molecule has 2 heterocycles. The molecule has 0 aromatic carbocycles. The molecule has 0 saturated heterocycles. The van der Waals surface area contributed by atoms with Gasteiger partial charge in [0.25, 0.3) is 0 Å². The number of rotatable bonds is 6. The number of imidazole rings is 1. The van der Waals surface area contributed by atoms with Crippen LogP contribution < -0.4 is 5.32 Å². The normalized spacial score (nSPS) is 10.8. The minimum Gasteiger partial charge on any atom is -0.349 e. The Labute approximate surface area is 94.1 Å². The van der Waals surface area contributed by atoms with Crippen molar-refractivity contribution in [2.24, 2.45) is 7.05 Å². The predicted octanol–water partition coefficient (Wildman–Crippen LogP) is 0.261. The molecule has 2 aromatic heterocycles. The third-order valence-electron chi connectivity index (χ3n) is 2.28. The van der Waals surface area contributed by atoms with Gasteiger partial charge in [-0.05, 0) is 13.0 Å². The van der Waals surface area contributed by atoms with E-state index in [2.05, 4.69) is 25.6 Å². The Hall–Kier alpha value is -1.69. The van der Waals surface area contributed by atoms with Gasteiger partial charge in [0.2, 0.25) is 0 Å². The number of aryl methyl sites for hydroxylation is 2. The number of hydrogen-bond acceptors (Lipinski definition) is 4. The number of H-pyrrole nitrogens is 1. The van der Waals surface area contributed by atoms with Gasteiger partial charge < -0.3 is 10.3 Å². The van der Waals surface area contributed by atoms with Crippen molar-refractivity contribution in [3.8, 4) is 0 Å². The van der Waals surface area contributed by atoms with Crippen molar-refractivity contribution in [1.82, 2.24) is 30.3 Å². The highest BCUT2D eigenvalue weighted by molar-refractivity contribution is 4.91. The summed E-state index contributed by atoms with van der Waals surface area (Å²) in [5.74, 6) is 1.04. The Morgan fingerprint density at radius 3 is 3.12 bits per heavy atom. The van der Waals surface area contributed by atoms with E-state index < -0.39 is 0 Å². The first kappa shape index (κ1) is 10.8. The lowest BCUT2D eigenvalue weighted by atomic mass is 10.3. The second-order valence-corrected chi connectivity index (χ2v) is 3.70. The first-order valence-corrected chi connectivity index (χ1v) is 5.39. The van der Waals surface area contributed by atoms with Crippen molar-refractivity contribution in [2.75, 3.05) is 6.54 Å². The molecule has 0 unspecified atom stereocenters. The maximum atomic E-state index is 4.17. The minimum atomic E-state index is 0.770. The Kier molecular flexibility index (Phi) is 3.66. The van der Waals surface area contributed by atoms with Crippen LogP contribution in [0.25, 0.3) is 0 Å². The van der Waals surface area contributed by atoms with E-state index in [0.29, 0.717) is 0 Å². The maximum Gasteiger partial charge on any atom is 0.106 e. The van der Waals surface area contributed by atoms with Crippen molar-refractivity contribution in [3.05, 3.63) is 30.1 Å². The Morgan fingerprint density at radius 2 is 2.44 bits per heavy atom. The SMILES string of the molecule is Cn1cc(CNCCCc2ncc[nH]2)nn1. The maximum absolute atomic E-state index is 4.17. The highest BCUT2D eigenvalue weighted by atomic mass is 15.4. The highest BCUT2D eigenvalue weighted by Gasteiger charge is 1.98. The largest absolute Gasteiger partial charge is 0.349 e. The van der Waals surface area contributed by atoms with Gasteiger partial charge in [0.15, 0.2) is 0 Å². The van der Waals surface area contributed by atoms with Crippen LogP contribution in [-0.2, 0) is 20.0 Å². The van der Waals surface area contributed by atoms with Crippen LogP contribution in [0.1, 0.15) is 17.9 Å². The van der Waals surface area contributed by atoms with E-state index in [4.69, 9.17) is 0 Å². The average Bonchev–Trinajstić information content (AvgIpc) is 2.89. The van der Waals surface area contributed by atoms with Crippen molar-refractivity contribution in [2.45, 2.75) is 19.4 Å². The molecule has 6 heteroatoms. The molecule has 16 heavy (non-hydrogen) atoms. The molecule has 0 aliphatic heterocycles. The molecule has 0 amide bonds. The monoisotopic (exact) mass is 220 g/mol. The van der Waals surface area contributed by atoms with Gasteiger partial charge in [0.1, 0.15) is 5.82 Å². The summed E-state index contributed by atoms with van der Waals surface area (Å²) in [5.41, 5.74) is 0.973. The van der Waals surface area contributed by atoms with Gasteiger partial charge in [-0.25, -0.2) is 4.98 Å². The van der Waals surface area contributed by atoms with E-state index >= 15 is 0 Å². The van der Waals surface area contributed by atoms with Gasteiger partial charge in [0, 0.05) is 38.6 Å². The van der Waals surface area contributed by atoms with Gasteiger partial charge >= 0.3 is 0 Å². The predicted molar refractivity (Wildman–Crippen MR) is 59.6 cm³/mol. The number of aromatic nitrogens is 5. The molecular formula is C10H16N6. The Balaban J connectivity index is 1.59. The summed E-state index contributed by atoms with van der Waals surface area (Å²) in [5, 5.41) is 11.2. The molecule has 0 aliphatic rings. The number of hydrogen-bond donors (Lipinski definition) is 2. The van der Waals surface area contributed by atoms with E-state index in [1.54, 1.807) is 10.9 Å². The molecule has 6 nitrogen and oxygen atoms in total. The van der Waals surface area contributed by atoms with E-state index in [0.717, 1.165) is 37.4 Å². The van der Waals surface area contributed by atoms with Gasteiger partial charge in [-0.1, -0.05) is 5.21 Å². The molecule has 0 atom stereocenters. The van der Waals surface area contributed by atoms with Gasteiger partial charge in [0.05, 0.1) is 5.69 Å². The van der Waals surface area contributed by atoms with Crippen LogP contribution in [0.4, 0.5) is 0 Å². The van der Waals surface area contributed by atoms with Crippen LogP contribution in [0.5, 0.6) is 0 Å². The summed E-state index contributed by atoms with van der Waals surface area (Å²) >= 11 is 0. The highest BCUT2D eigenvalue weighted by Crippen LogP contribution is 1.94. The fourth-order valence-corrected chi connectivity index (χ4v) is 1.51. The van der Waals surface area contributed by atoms with E-state index in [1.165, 1.54) is 0 Å². The van der Waals surface area contributed by atoms with Gasteiger partial charge in [-0.2, -0.15) is 0 Å². The summed E-state index contributed by atoms with van der Waals surface area (Å²) in [6.07, 6.45) is 7.58. The van der Waals surface area contributed by atoms with E-state index in [9.17, 15) is 0 Å². The molecule has 0 aliphatic carbocycles. The third-order valence-corrected chi connectivity index (χ3v) is 2.28. The molecule has 0 bridgehead atoms. The molecule has 86 valence electrons. The fourth-order valence-electron chi connectivity index (χ4n) is 1.51. The summed E-state index contributed by atoms with van der Waals surface area (Å²) in [6.45, 7) is 1.73. The Bertz CT molecular complexity index is 405. The fraction of sp³-hybridized carbons (Fsp3) is 0.500. The summed E-state index contributed by atoms with van der Waals surface area (Å²) < 4.78 is 1.71. The first-order valence-electron chi connectivity index (χ1n) is 5.39. The van der Waals surface area contributed by atoms with Crippen LogP contribution in [0.3, 0.4) is 0 Å². The van der Waals surface area contributed by atoms with Crippen molar-refractivity contribution in [3.63, 3.8) is 0 Å². The van der Waals surface area contributed by atoms with Crippen molar-refractivity contribution < 1.29 is 0 Å². The third kappa shape index (κ3) is 3.16. The zero-order valence-electron chi connectivity index (χ0n) is 9.35. The molecule has 2 aromatic rings. The van der Waals surface area contributed by atoms with Crippen LogP contribution >= 0.6 is 0 Å². The van der Waals surface area contributed by atoms with Gasteiger partial charge in [-0.15, -0.1) is 5.10 Å². The first-order chi connectivity index (χ1) is 7.84. The topological polar surface area (TPSA) is 71.4 Å². The summed E-state index contributed by atoms with van der Waals surface area (Å²) in [4.78, 5) is 7.25. The van der Waals surface area contributed by atoms with Crippen molar-refractivity contribution in [1.29, 1.82) is 0 Å². The molecule has 0 fully saturated rings. The lowest BCUT2D eigenvalue weighted by Gasteiger charge is -2.00. The van der Waals surface area contributed by atoms with E-state index in [-0.39, 0.29) is 0 Å². The molecule has 0 saturated carbocycles. The summed E-state index contributed by atoms with van der Waals surface area (Å²) in [6, 6.07) is 0. The molecular weight excluding hydrogens is 204 g/mol. The second kappa shape index (κ2) is 5.41. The van der Waals surface area contributed by atoms with Crippen molar-refractivity contribution >= 4 is 0 Å². The smallest absolute Gasteiger partial charge is 0.106 e. The van der Waals surface area contributed by atoms with Crippen LogP contribution in [0, 0.1) is 0 Å². The van der Waals surface area contributed by atoms with Gasteiger partial charge in [-0.3, -0.25) is 4.68 Å². The number of nitrogens with one attached hydrogen (secondary N) is 2. The standard InChI is InChI=1S/C10H16N6/c1-16-8-9(14-15-16)7-11-4-2-3-10-12-5-6-13-10/h5-6,8,11H,2-4,7H2,1H3,(H,12,13). The molecule has 0 spiro atoms. The zero-order chi connectivity index (χ0) is 11.2. The zero-order valence-corrected chi connectivity index (χ0v) is 9.35. The molecule has 2 N–H and O–H groups in total. The van der Waals surface area contributed by atoms with Crippen LogP contribution in [-0.4, -0.2) is 31.5 Å². The lowest BCUT2D eigenvalue weighted by Crippen LogP contribution is -2.15. The van der Waals surface area contributed by atoms with Crippen LogP contribution in [0.15, 0.2) is 18.6 Å². The van der Waals surface area contributed by atoms with Crippen LogP contribution in [0.2, 0.25) is 0 Å². The average molecular weight is 220 g/mol. The second-order valence-electron chi connectivity index (χ2n) is 3.70. The quantitative estimate of drug-likeness (QED) is 0.685. The Morgan fingerprint density at radius 1 is 1.50 bits per heavy atom. The van der Waals surface area contributed by atoms with E-state index in [1.807, 2.05) is 19.4 Å². The molecule has 2 rings (SSSR count). The lowest BCUT2D eigenvalue weighted by molar-refractivity contribution is 0.631. The minimum absolute atomic E-state index is 0.770. The molecule has 0 radical (unpaired) electrons. The summed E-state index contributed by atoms with van der Waals surface area (Å²) in [7, 11) is 1.87. The number of nitrogens with zero attached hydrogens (tertiary/aromatic N) is 4. The number of aromatic amines is 1.